The zero-order chi connectivity index (χ0) is 9.42. The van der Waals surface area contributed by atoms with Crippen molar-refractivity contribution in [1.29, 1.82) is 0 Å². The van der Waals surface area contributed by atoms with Crippen molar-refractivity contribution < 1.29 is 9.90 Å². The second kappa shape index (κ2) is 2.41. The van der Waals surface area contributed by atoms with Gasteiger partial charge in [-0.3, -0.25) is 4.79 Å². The molecule has 0 aliphatic heterocycles. The van der Waals surface area contributed by atoms with Crippen LogP contribution in [-0.2, 0) is 0 Å². The molecule has 0 unspecified atom stereocenters. The first-order valence-corrected chi connectivity index (χ1v) is 3.34. The van der Waals surface area contributed by atoms with Gasteiger partial charge in [0, 0.05) is 0 Å². The van der Waals surface area contributed by atoms with Gasteiger partial charge in [-0.2, -0.15) is 5.10 Å². The Hall–Kier alpha value is -2.18. The molecule has 0 atom stereocenters. The number of rotatable bonds is 1. The molecule has 0 spiro atoms. The summed E-state index contributed by atoms with van der Waals surface area (Å²) in [5.41, 5.74) is -1.02. The number of aromatic nitrogens is 4. The zero-order valence-corrected chi connectivity index (χ0v) is 6.26. The van der Waals surface area contributed by atoms with Crippen LogP contribution in [0.3, 0.4) is 0 Å². The first-order chi connectivity index (χ1) is 6.20. The zero-order valence-electron chi connectivity index (χ0n) is 6.26. The van der Waals surface area contributed by atoms with E-state index >= 15 is 0 Å². The van der Waals surface area contributed by atoms with Crippen LogP contribution in [0.1, 0.15) is 10.4 Å². The van der Waals surface area contributed by atoms with Crippen molar-refractivity contribution in [3.8, 4) is 0 Å². The normalized spacial score (nSPS) is 10.5. The lowest BCUT2D eigenvalue weighted by atomic mass is 10.3. The Morgan fingerprint density at radius 3 is 3.08 bits per heavy atom. The average molecular weight is 180 g/mol. The maximum absolute atomic E-state index is 11.3. The molecule has 0 saturated carbocycles. The van der Waals surface area contributed by atoms with E-state index in [1.54, 1.807) is 0 Å². The van der Waals surface area contributed by atoms with Gasteiger partial charge in [0.05, 0.1) is 6.20 Å². The number of carboxylic acids is 1. The van der Waals surface area contributed by atoms with E-state index in [9.17, 15) is 9.59 Å². The van der Waals surface area contributed by atoms with Crippen molar-refractivity contribution in [1.82, 2.24) is 19.6 Å². The fourth-order valence-corrected chi connectivity index (χ4v) is 0.950. The summed E-state index contributed by atoms with van der Waals surface area (Å²) in [6.07, 6.45) is 2.18. The van der Waals surface area contributed by atoms with Gasteiger partial charge in [-0.1, -0.05) is 0 Å². The molecule has 2 rings (SSSR count). The van der Waals surface area contributed by atoms with Crippen molar-refractivity contribution >= 4 is 11.7 Å². The molecule has 2 aromatic rings. The van der Waals surface area contributed by atoms with Crippen LogP contribution in [0, 0.1) is 0 Å². The van der Waals surface area contributed by atoms with E-state index < -0.39 is 11.5 Å². The van der Waals surface area contributed by atoms with E-state index in [2.05, 4.69) is 15.2 Å². The van der Waals surface area contributed by atoms with Crippen LogP contribution in [0.2, 0.25) is 0 Å². The predicted octanol–water partition coefficient (Wildman–Crippen LogP) is -0.884. The lowest BCUT2D eigenvalue weighted by Gasteiger charge is -1.92. The predicted molar refractivity (Wildman–Crippen MR) is 40.6 cm³/mol. The first kappa shape index (κ1) is 7.47. The highest BCUT2D eigenvalue weighted by Crippen LogP contribution is 1.92. The Bertz CT molecular complexity index is 526. The molecule has 0 aliphatic rings. The van der Waals surface area contributed by atoms with Gasteiger partial charge in [-0.05, 0) is 0 Å². The second-order valence-electron chi connectivity index (χ2n) is 2.33. The van der Waals surface area contributed by atoms with Crippen molar-refractivity contribution in [3.05, 3.63) is 28.4 Å². The highest BCUT2D eigenvalue weighted by Gasteiger charge is 2.11. The van der Waals surface area contributed by atoms with E-state index in [0.29, 0.717) is 0 Å². The van der Waals surface area contributed by atoms with Gasteiger partial charge in [0.2, 0.25) is 5.78 Å². The minimum atomic E-state index is -1.30. The Balaban J connectivity index is 2.89. The van der Waals surface area contributed by atoms with Crippen molar-refractivity contribution in [2.75, 3.05) is 0 Å². The van der Waals surface area contributed by atoms with Gasteiger partial charge in [0.25, 0.3) is 5.56 Å². The summed E-state index contributed by atoms with van der Waals surface area (Å²) in [6, 6.07) is 0. The number of nitrogens with zero attached hydrogens (tertiary/aromatic N) is 3. The number of aromatic carboxylic acids is 1. The molecule has 0 saturated heterocycles. The highest BCUT2D eigenvalue weighted by atomic mass is 16.4. The van der Waals surface area contributed by atoms with Gasteiger partial charge >= 0.3 is 5.97 Å². The SMILES string of the molecule is O=C(O)c1cnc2[nH]ncn2c1=O. The van der Waals surface area contributed by atoms with Gasteiger partial charge in [-0.15, -0.1) is 0 Å². The maximum atomic E-state index is 11.3. The van der Waals surface area contributed by atoms with E-state index in [1.165, 1.54) is 6.33 Å². The first-order valence-electron chi connectivity index (χ1n) is 3.34. The molecule has 66 valence electrons. The molecule has 2 N–H and O–H groups in total. The largest absolute Gasteiger partial charge is 0.477 e. The summed E-state index contributed by atoms with van der Waals surface area (Å²) < 4.78 is 1.03. The van der Waals surface area contributed by atoms with Crippen LogP contribution in [0.4, 0.5) is 0 Å². The third kappa shape index (κ3) is 0.975. The quantitative estimate of drug-likeness (QED) is 0.593. The smallest absolute Gasteiger partial charge is 0.342 e. The molecule has 0 bridgehead atoms. The van der Waals surface area contributed by atoms with Crippen molar-refractivity contribution in [2.45, 2.75) is 0 Å². The summed E-state index contributed by atoms with van der Waals surface area (Å²) >= 11 is 0. The van der Waals surface area contributed by atoms with Gasteiger partial charge in [0.1, 0.15) is 11.9 Å². The molecule has 0 fully saturated rings. The number of hydrogen-bond donors (Lipinski definition) is 2. The second-order valence-corrected chi connectivity index (χ2v) is 2.33. The molecule has 13 heavy (non-hydrogen) atoms. The van der Waals surface area contributed by atoms with Crippen LogP contribution in [-0.4, -0.2) is 30.7 Å². The van der Waals surface area contributed by atoms with Crippen LogP contribution >= 0.6 is 0 Å². The molecule has 2 heterocycles. The number of H-pyrrole nitrogens is 1. The summed E-state index contributed by atoms with van der Waals surface area (Å²) in [7, 11) is 0. The molecule has 0 radical (unpaired) electrons. The Kier molecular flexibility index (Phi) is 1.38. The Morgan fingerprint density at radius 2 is 2.38 bits per heavy atom. The fraction of sp³-hybridized carbons (Fsp3) is 0. The number of carbonyl (C=O) groups is 1. The van der Waals surface area contributed by atoms with Crippen LogP contribution in [0.25, 0.3) is 5.78 Å². The van der Waals surface area contributed by atoms with Gasteiger partial charge in [-0.25, -0.2) is 19.3 Å². The van der Waals surface area contributed by atoms with E-state index in [4.69, 9.17) is 5.11 Å². The summed E-state index contributed by atoms with van der Waals surface area (Å²) in [6.45, 7) is 0. The lowest BCUT2D eigenvalue weighted by Crippen LogP contribution is -2.21. The standard InChI is InChI=1S/C6H4N4O3/c11-4-3(5(12)13)1-7-6-9-8-2-10(4)6/h1-2H,(H,7,9)(H,12,13). The van der Waals surface area contributed by atoms with Gasteiger partial charge in [0.15, 0.2) is 0 Å². The number of aromatic amines is 1. The number of carboxylic acid groups (broad SMARTS) is 1. The van der Waals surface area contributed by atoms with Crippen molar-refractivity contribution in [2.24, 2.45) is 0 Å². The third-order valence-electron chi connectivity index (χ3n) is 1.56. The van der Waals surface area contributed by atoms with E-state index in [-0.39, 0.29) is 11.3 Å². The molecule has 7 nitrogen and oxygen atoms in total. The molecular formula is C6H4N4O3. The molecular weight excluding hydrogens is 176 g/mol. The minimum absolute atomic E-state index is 0.218. The molecule has 0 aliphatic carbocycles. The Morgan fingerprint density at radius 1 is 1.62 bits per heavy atom. The number of hydrogen-bond acceptors (Lipinski definition) is 4. The number of fused-ring (bicyclic) bond motifs is 1. The third-order valence-corrected chi connectivity index (χ3v) is 1.56. The molecule has 0 amide bonds. The molecule has 7 heteroatoms. The average Bonchev–Trinajstić information content (AvgIpc) is 2.52. The monoisotopic (exact) mass is 180 g/mol. The minimum Gasteiger partial charge on any atom is -0.477 e. The summed E-state index contributed by atoms with van der Waals surface area (Å²) in [4.78, 5) is 25.5. The number of nitrogens with one attached hydrogen (secondary N) is 1. The maximum Gasteiger partial charge on any atom is 0.342 e. The lowest BCUT2D eigenvalue weighted by molar-refractivity contribution is 0.0694. The van der Waals surface area contributed by atoms with E-state index in [0.717, 1.165) is 10.6 Å². The fourth-order valence-electron chi connectivity index (χ4n) is 0.950. The Labute approximate surface area is 70.7 Å². The van der Waals surface area contributed by atoms with Crippen LogP contribution in [0.15, 0.2) is 17.3 Å². The van der Waals surface area contributed by atoms with Crippen LogP contribution < -0.4 is 5.56 Å². The topological polar surface area (TPSA) is 100 Å². The summed E-state index contributed by atoms with van der Waals surface area (Å²) in [5.74, 6) is -1.08. The van der Waals surface area contributed by atoms with Gasteiger partial charge < -0.3 is 5.11 Å². The van der Waals surface area contributed by atoms with Crippen molar-refractivity contribution in [3.63, 3.8) is 0 Å². The van der Waals surface area contributed by atoms with Crippen LogP contribution in [0.5, 0.6) is 0 Å². The molecule has 2 aromatic heterocycles. The summed E-state index contributed by atoms with van der Waals surface area (Å²) in [5, 5.41) is 14.6. The molecule has 0 aromatic carbocycles. The van der Waals surface area contributed by atoms with E-state index in [1.807, 2.05) is 0 Å². The highest BCUT2D eigenvalue weighted by molar-refractivity contribution is 5.86.